The summed E-state index contributed by atoms with van der Waals surface area (Å²) in [5.41, 5.74) is 19.0. The van der Waals surface area contributed by atoms with Crippen molar-refractivity contribution >= 4 is 72.0 Å². The topological polar surface area (TPSA) is 159 Å². The first kappa shape index (κ1) is 29.3. The minimum Gasteiger partial charge on any atom is -0.380 e. The quantitative estimate of drug-likeness (QED) is 0.224. The number of halogens is 3. The highest BCUT2D eigenvalue weighted by atomic mass is 79.9. The molecule has 10 nitrogen and oxygen atoms in total. The zero-order valence-corrected chi connectivity index (χ0v) is 25.5. The second-order valence-electron chi connectivity index (χ2n) is 9.98. The van der Waals surface area contributed by atoms with Crippen LogP contribution in [0.1, 0.15) is 60.2 Å². The fourth-order valence-corrected chi connectivity index (χ4v) is 5.20. The number of fused-ring (bicyclic) bond motifs is 2. The van der Waals surface area contributed by atoms with Gasteiger partial charge in [0.2, 0.25) is 0 Å². The van der Waals surface area contributed by atoms with Gasteiger partial charge in [-0.15, -0.1) is 0 Å². The Labute approximate surface area is 247 Å². The summed E-state index contributed by atoms with van der Waals surface area (Å²) < 4.78 is 5.06. The van der Waals surface area contributed by atoms with Gasteiger partial charge in [0.1, 0.15) is 0 Å². The van der Waals surface area contributed by atoms with E-state index in [1.54, 1.807) is 21.3 Å². The number of nitrogens with one attached hydrogen (secondary N) is 1. The minimum absolute atomic E-state index is 0.227. The van der Waals surface area contributed by atoms with Crippen molar-refractivity contribution in [2.75, 3.05) is 5.32 Å². The lowest BCUT2D eigenvalue weighted by Crippen LogP contribution is -2.22. The van der Waals surface area contributed by atoms with Crippen LogP contribution in [0.25, 0.3) is 11.0 Å². The van der Waals surface area contributed by atoms with E-state index < -0.39 is 11.8 Å². The summed E-state index contributed by atoms with van der Waals surface area (Å²) in [6.45, 7) is 4.22. The third-order valence-electron chi connectivity index (χ3n) is 6.74. The molecule has 0 aliphatic heterocycles. The third kappa shape index (κ3) is 7.30. The molecule has 13 heteroatoms. The Morgan fingerprint density at radius 2 is 1.41 bits per heavy atom. The second kappa shape index (κ2) is 12.2. The number of amides is 2. The highest BCUT2D eigenvalue weighted by Gasteiger charge is 2.29. The number of carbonyl (C=O) groups is 2. The smallest absolute Gasteiger partial charge is 0.252 e. The number of primary amides is 2. The van der Waals surface area contributed by atoms with E-state index in [0.29, 0.717) is 34.1 Å². The van der Waals surface area contributed by atoms with Gasteiger partial charge in [0.15, 0.2) is 0 Å². The average molecular weight is 683 g/mol. The van der Waals surface area contributed by atoms with E-state index in [1.807, 2.05) is 12.3 Å². The van der Waals surface area contributed by atoms with Crippen LogP contribution >= 0.6 is 43.5 Å². The predicted molar refractivity (Wildman–Crippen MR) is 160 cm³/mol. The zero-order valence-electron chi connectivity index (χ0n) is 21.6. The lowest BCUT2D eigenvalue weighted by molar-refractivity contribution is 0.0991. The summed E-state index contributed by atoms with van der Waals surface area (Å²) >= 11 is 12.7. The van der Waals surface area contributed by atoms with Crippen LogP contribution in [-0.4, -0.2) is 43.1 Å². The highest BCUT2D eigenvalue weighted by molar-refractivity contribution is 9.10. The molecule has 7 N–H and O–H groups in total. The van der Waals surface area contributed by atoms with E-state index in [0.717, 1.165) is 26.1 Å². The van der Waals surface area contributed by atoms with Crippen molar-refractivity contribution < 1.29 is 9.59 Å². The Balaban J connectivity index is 0.000000154. The number of carbonyl (C=O) groups excluding carboxylic acids is 2. The van der Waals surface area contributed by atoms with Crippen molar-refractivity contribution in [3.05, 3.63) is 62.0 Å². The Bertz CT molecular complexity index is 1510. The molecular weight excluding hydrogens is 652 g/mol. The van der Waals surface area contributed by atoms with Crippen LogP contribution in [0.2, 0.25) is 5.02 Å². The number of nitrogens with zero attached hydrogens (tertiary/aromatic N) is 4. The molecule has 4 heterocycles. The zero-order chi connectivity index (χ0) is 28.4. The number of anilines is 1. The standard InChI is InChI=1S/C13H15BrN4O.C8H5BrClN3O.C5H11N/c1-7(8-2-3-8)17-12-10(13(15)19)5-16-18-6-9(14)4-11(12)18;9-4-1-6-7(10)5(8(11)14)2-12-13(6)3-4;1-4(6)5-2-3-5/h4-8,17H,2-3H2,1H3,(H2,15,19);1-3H,(H2,11,14);4-5H,2-3,6H2,1H3/t7-;;4-/m1.1/s1. The summed E-state index contributed by atoms with van der Waals surface area (Å²) in [4.78, 5) is 22.5. The molecule has 4 aromatic rings. The van der Waals surface area contributed by atoms with Gasteiger partial charge in [-0.05, 0) is 95.4 Å². The Kier molecular flexibility index (Phi) is 9.20. The Morgan fingerprint density at radius 1 is 0.923 bits per heavy atom. The molecule has 0 spiro atoms. The number of rotatable bonds is 6. The van der Waals surface area contributed by atoms with Gasteiger partial charge in [-0.25, -0.2) is 9.03 Å². The van der Waals surface area contributed by atoms with E-state index in [2.05, 4.69) is 61.2 Å². The molecular formula is C26H31Br2ClN8O2. The molecule has 2 amide bonds. The molecule has 2 saturated carbocycles. The molecule has 2 aliphatic carbocycles. The van der Waals surface area contributed by atoms with Crippen LogP contribution in [0, 0.1) is 11.8 Å². The third-order valence-corrected chi connectivity index (χ3v) is 8.01. The molecule has 0 radical (unpaired) electrons. The maximum absolute atomic E-state index is 11.6. The summed E-state index contributed by atoms with van der Waals surface area (Å²) in [6.07, 6.45) is 11.7. The van der Waals surface area contributed by atoms with Crippen LogP contribution in [0.3, 0.4) is 0 Å². The first-order chi connectivity index (χ1) is 18.5. The molecule has 0 bridgehead atoms. The maximum Gasteiger partial charge on any atom is 0.252 e. The van der Waals surface area contributed by atoms with Crippen LogP contribution in [-0.2, 0) is 0 Å². The van der Waals surface area contributed by atoms with Crippen molar-refractivity contribution in [2.45, 2.75) is 51.6 Å². The Morgan fingerprint density at radius 3 is 1.87 bits per heavy atom. The molecule has 39 heavy (non-hydrogen) atoms. The fraction of sp³-hybridized carbons (Fsp3) is 0.385. The SMILES string of the molecule is C[C@@H](N)C1CC1.C[C@@H](Nc1c(C(N)=O)cnn2cc(Br)cc12)C1CC1.NC(=O)c1cnn2cc(Br)cc2c1Cl. The summed E-state index contributed by atoms with van der Waals surface area (Å²) in [7, 11) is 0. The monoisotopic (exact) mass is 680 g/mol. The number of aromatic nitrogens is 4. The highest BCUT2D eigenvalue weighted by Crippen LogP contribution is 2.36. The lowest BCUT2D eigenvalue weighted by Gasteiger charge is -2.17. The van der Waals surface area contributed by atoms with Crippen LogP contribution in [0.5, 0.6) is 0 Å². The maximum atomic E-state index is 11.6. The van der Waals surface area contributed by atoms with Gasteiger partial charge in [0.25, 0.3) is 11.8 Å². The normalized spacial score (nSPS) is 16.1. The fourth-order valence-electron chi connectivity index (χ4n) is 4.09. The van der Waals surface area contributed by atoms with Gasteiger partial charge in [-0.2, -0.15) is 10.2 Å². The summed E-state index contributed by atoms with van der Waals surface area (Å²) in [6, 6.07) is 4.49. The van der Waals surface area contributed by atoms with Crippen LogP contribution in [0.15, 0.2) is 45.9 Å². The number of hydrogen-bond donors (Lipinski definition) is 4. The molecule has 2 atom stereocenters. The average Bonchev–Trinajstić information content (AvgIpc) is 3.79. The molecule has 0 saturated heterocycles. The first-order valence-corrected chi connectivity index (χ1v) is 14.5. The predicted octanol–water partition coefficient (Wildman–Crippen LogP) is 5.00. The van der Waals surface area contributed by atoms with Crippen LogP contribution < -0.4 is 22.5 Å². The molecule has 208 valence electrons. The summed E-state index contributed by atoms with van der Waals surface area (Å²) in [5, 5.41) is 11.9. The second-order valence-corrected chi connectivity index (χ2v) is 12.2. The van der Waals surface area contributed by atoms with Crippen molar-refractivity contribution in [1.29, 1.82) is 0 Å². The number of hydrogen-bond acceptors (Lipinski definition) is 6. The van der Waals surface area contributed by atoms with Crippen molar-refractivity contribution in [3.8, 4) is 0 Å². The van der Waals surface area contributed by atoms with Crippen molar-refractivity contribution in [1.82, 2.24) is 19.2 Å². The van der Waals surface area contributed by atoms with Gasteiger partial charge in [0.05, 0.1) is 45.3 Å². The largest absolute Gasteiger partial charge is 0.380 e. The summed E-state index contributed by atoms with van der Waals surface area (Å²) in [5.74, 6) is 0.525. The van der Waals surface area contributed by atoms with Crippen molar-refractivity contribution in [3.63, 3.8) is 0 Å². The van der Waals surface area contributed by atoms with E-state index in [-0.39, 0.29) is 5.56 Å². The molecule has 2 aliphatic rings. The van der Waals surface area contributed by atoms with E-state index in [4.69, 9.17) is 28.8 Å². The van der Waals surface area contributed by atoms with Gasteiger partial charge < -0.3 is 22.5 Å². The molecule has 0 aromatic carbocycles. The van der Waals surface area contributed by atoms with Gasteiger partial charge in [-0.3, -0.25) is 9.59 Å². The molecule has 2 fully saturated rings. The van der Waals surface area contributed by atoms with Gasteiger partial charge >= 0.3 is 0 Å². The Hall–Kier alpha value is -2.67. The van der Waals surface area contributed by atoms with E-state index in [1.165, 1.54) is 38.1 Å². The molecule has 6 rings (SSSR count). The van der Waals surface area contributed by atoms with Crippen molar-refractivity contribution in [2.24, 2.45) is 29.0 Å². The van der Waals surface area contributed by atoms with Gasteiger partial charge in [-0.1, -0.05) is 11.6 Å². The number of nitrogens with two attached hydrogens (primary N) is 3. The molecule has 4 aromatic heterocycles. The van der Waals surface area contributed by atoms with Crippen LogP contribution in [0.4, 0.5) is 5.69 Å². The minimum atomic E-state index is -0.581. The van der Waals surface area contributed by atoms with Gasteiger partial charge in [0, 0.05) is 33.4 Å². The first-order valence-electron chi connectivity index (χ1n) is 12.6. The van der Waals surface area contributed by atoms with E-state index >= 15 is 0 Å². The molecule has 0 unspecified atom stereocenters. The lowest BCUT2D eigenvalue weighted by atomic mass is 10.1. The van der Waals surface area contributed by atoms with E-state index in [9.17, 15) is 9.59 Å².